The standard InChI is InChI=1S/C29H35N2O4/c1-22(2)27(28(32)34-20-24-10-6-4-7-11-24)31(3,19-18-23-14-16-26(30)17-15-23)29(33)35-21-25-12-8-5-9-13-25/h4-17,22,27H,18-21,30H2,1-3H3/q+1/t27-,31?/m0/s1. The minimum Gasteiger partial charge on any atom is -0.456 e. The quantitative estimate of drug-likeness (QED) is 0.243. The third-order valence-corrected chi connectivity index (χ3v) is 6.18. The number of carbonyl (C=O) groups excluding carboxylic acids is 2. The minimum atomic E-state index is -0.726. The van der Waals surface area contributed by atoms with Crippen LogP contribution in [0.3, 0.4) is 0 Å². The zero-order chi connectivity index (χ0) is 25.3. The predicted octanol–water partition coefficient (Wildman–Crippen LogP) is 5.36. The van der Waals surface area contributed by atoms with Gasteiger partial charge >= 0.3 is 12.1 Å². The number of anilines is 1. The predicted molar refractivity (Wildman–Crippen MR) is 137 cm³/mol. The summed E-state index contributed by atoms with van der Waals surface area (Å²) in [6.45, 7) is 4.53. The first-order valence-corrected chi connectivity index (χ1v) is 11.9. The molecule has 184 valence electrons. The maximum absolute atomic E-state index is 13.6. The van der Waals surface area contributed by atoms with E-state index in [0.717, 1.165) is 16.7 Å². The smallest absolute Gasteiger partial charge is 0.456 e. The lowest BCUT2D eigenvalue weighted by atomic mass is 9.99. The van der Waals surface area contributed by atoms with E-state index in [-0.39, 0.29) is 23.6 Å². The van der Waals surface area contributed by atoms with Gasteiger partial charge in [0.25, 0.3) is 0 Å². The highest BCUT2D eigenvalue weighted by Crippen LogP contribution is 2.24. The Morgan fingerprint density at radius 2 is 1.29 bits per heavy atom. The molecular formula is C29H35N2O4+. The van der Waals surface area contributed by atoms with Gasteiger partial charge in [-0.2, -0.15) is 4.79 Å². The van der Waals surface area contributed by atoms with Crippen LogP contribution in [0.5, 0.6) is 0 Å². The maximum Gasteiger partial charge on any atom is 0.516 e. The number of hydrogen-bond donors (Lipinski definition) is 1. The first-order valence-electron chi connectivity index (χ1n) is 11.9. The fourth-order valence-corrected chi connectivity index (χ4v) is 4.23. The molecule has 3 aromatic carbocycles. The van der Waals surface area contributed by atoms with Crippen molar-refractivity contribution in [3.05, 3.63) is 102 Å². The maximum atomic E-state index is 13.6. The number of likely N-dealkylation sites (N-methyl/N-ethyl adjacent to an activating group) is 1. The van der Waals surface area contributed by atoms with Crippen LogP contribution in [0.2, 0.25) is 0 Å². The van der Waals surface area contributed by atoms with Gasteiger partial charge in [0.15, 0.2) is 6.04 Å². The molecule has 0 aliphatic heterocycles. The molecule has 0 fully saturated rings. The fourth-order valence-electron chi connectivity index (χ4n) is 4.23. The monoisotopic (exact) mass is 475 g/mol. The van der Waals surface area contributed by atoms with Crippen LogP contribution in [0.25, 0.3) is 0 Å². The van der Waals surface area contributed by atoms with Crippen molar-refractivity contribution in [3.63, 3.8) is 0 Å². The summed E-state index contributed by atoms with van der Waals surface area (Å²) in [6, 6.07) is 25.9. The van der Waals surface area contributed by atoms with Gasteiger partial charge in [-0.25, -0.2) is 9.28 Å². The van der Waals surface area contributed by atoms with Crippen molar-refractivity contribution in [2.24, 2.45) is 5.92 Å². The Labute approximate surface area is 207 Å². The van der Waals surface area contributed by atoms with E-state index in [2.05, 4.69) is 0 Å². The molecule has 0 aliphatic rings. The number of nitrogens with zero attached hydrogens (tertiary/aromatic N) is 1. The molecular weight excluding hydrogens is 440 g/mol. The molecule has 6 heteroatoms. The topological polar surface area (TPSA) is 78.6 Å². The Morgan fingerprint density at radius 3 is 1.80 bits per heavy atom. The Hall–Kier alpha value is -3.64. The largest absolute Gasteiger partial charge is 0.516 e. The number of rotatable bonds is 10. The van der Waals surface area contributed by atoms with Crippen LogP contribution in [0.4, 0.5) is 10.5 Å². The first-order chi connectivity index (χ1) is 16.8. The molecule has 6 nitrogen and oxygen atoms in total. The van der Waals surface area contributed by atoms with Gasteiger partial charge in [0.2, 0.25) is 0 Å². The highest BCUT2D eigenvalue weighted by molar-refractivity contribution is 5.77. The molecule has 2 atom stereocenters. The number of amides is 1. The van der Waals surface area contributed by atoms with E-state index < -0.39 is 18.1 Å². The van der Waals surface area contributed by atoms with Gasteiger partial charge in [-0.3, -0.25) is 0 Å². The van der Waals surface area contributed by atoms with Crippen LogP contribution < -0.4 is 5.73 Å². The lowest BCUT2D eigenvalue weighted by molar-refractivity contribution is -0.858. The minimum absolute atomic E-state index is 0.138. The number of carbonyl (C=O) groups is 2. The molecule has 35 heavy (non-hydrogen) atoms. The zero-order valence-electron chi connectivity index (χ0n) is 20.7. The molecule has 2 N–H and O–H groups in total. The molecule has 3 rings (SSSR count). The van der Waals surface area contributed by atoms with Gasteiger partial charge in [0.05, 0.1) is 13.6 Å². The lowest BCUT2D eigenvalue weighted by Gasteiger charge is -2.38. The van der Waals surface area contributed by atoms with E-state index in [0.29, 0.717) is 18.7 Å². The van der Waals surface area contributed by atoms with Crippen molar-refractivity contribution in [1.82, 2.24) is 0 Å². The fraction of sp³-hybridized carbons (Fsp3) is 0.310. The second-order valence-electron chi connectivity index (χ2n) is 9.31. The summed E-state index contributed by atoms with van der Waals surface area (Å²) in [5, 5.41) is 0. The van der Waals surface area contributed by atoms with Crippen LogP contribution in [0, 0.1) is 5.92 Å². The average Bonchev–Trinajstić information content (AvgIpc) is 2.86. The zero-order valence-corrected chi connectivity index (χ0v) is 20.7. The van der Waals surface area contributed by atoms with Crippen molar-refractivity contribution in [2.45, 2.75) is 39.5 Å². The number of hydrogen-bond acceptors (Lipinski definition) is 5. The van der Waals surface area contributed by atoms with Crippen molar-refractivity contribution >= 4 is 17.7 Å². The molecule has 1 amide bonds. The van der Waals surface area contributed by atoms with E-state index in [1.807, 2.05) is 98.8 Å². The summed E-state index contributed by atoms with van der Waals surface area (Å²) in [5.74, 6) is -0.570. The molecule has 0 bridgehead atoms. The number of nitrogen functional groups attached to an aromatic ring is 1. The second-order valence-corrected chi connectivity index (χ2v) is 9.31. The van der Waals surface area contributed by atoms with Crippen LogP contribution >= 0.6 is 0 Å². The highest BCUT2D eigenvalue weighted by Gasteiger charge is 2.49. The molecule has 0 aromatic heterocycles. The Kier molecular flexibility index (Phi) is 9.04. The van der Waals surface area contributed by atoms with Crippen LogP contribution in [0.15, 0.2) is 84.9 Å². The Balaban J connectivity index is 1.82. The van der Waals surface area contributed by atoms with Gasteiger partial charge in [0.1, 0.15) is 13.2 Å². The van der Waals surface area contributed by atoms with Crippen LogP contribution in [-0.2, 0) is 33.9 Å². The number of nitrogens with two attached hydrogens (primary N) is 1. The van der Waals surface area contributed by atoms with Crippen molar-refractivity contribution in [1.29, 1.82) is 0 Å². The summed E-state index contributed by atoms with van der Waals surface area (Å²) in [6.07, 6.45) is 0.117. The first kappa shape index (κ1) is 26.0. The third-order valence-electron chi connectivity index (χ3n) is 6.18. The molecule has 0 radical (unpaired) electrons. The van der Waals surface area contributed by atoms with E-state index in [9.17, 15) is 9.59 Å². The van der Waals surface area contributed by atoms with Crippen molar-refractivity contribution in [2.75, 3.05) is 19.3 Å². The molecule has 0 saturated carbocycles. The van der Waals surface area contributed by atoms with E-state index in [1.54, 1.807) is 7.05 Å². The molecule has 3 aromatic rings. The number of quaternary nitrogens is 1. The SMILES string of the molecule is CC(C)[C@@H](C(=O)OCc1ccccc1)[N+](C)(CCc1ccc(N)cc1)C(=O)OCc1ccccc1. The average molecular weight is 476 g/mol. The van der Waals surface area contributed by atoms with Gasteiger partial charge in [-0.1, -0.05) is 86.6 Å². The molecule has 0 aliphatic carbocycles. The number of benzene rings is 3. The van der Waals surface area contributed by atoms with Gasteiger partial charge < -0.3 is 15.2 Å². The second kappa shape index (κ2) is 12.2. The van der Waals surface area contributed by atoms with Crippen LogP contribution in [-0.4, -0.2) is 36.2 Å². The normalized spacial score (nSPS) is 13.6. The summed E-state index contributed by atoms with van der Waals surface area (Å²) in [7, 11) is 1.76. The lowest BCUT2D eigenvalue weighted by Crippen LogP contribution is -2.62. The van der Waals surface area contributed by atoms with Gasteiger partial charge in [0, 0.05) is 18.0 Å². The third kappa shape index (κ3) is 7.17. The summed E-state index contributed by atoms with van der Waals surface area (Å²) in [5.41, 5.74) is 9.31. The molecule has 0 heterocycles. The van der Waals surface area contributed by atoms with E-state index in [1.165, 1.54) is 0 Å². The van der Waals surface area contributed by atoms with E-state index >= 15 is 0 Å². The molecule has 1 unspecified atom stereocenters. The van der Waals surface area contributed by atoms with Gasteiger partial charge in [-0.05, 0) is 28.8 Å². The molecule has 0 spiro atoms. The summed E-state index contributed by atoms with van der Waals surface area (Å²) < 4.78 is 11.2. The highest BCUT2D eigenvalue weighted by atomic mass is 16.6. The molecule has 0 saturated heterocycles. The van der Waals surface area contributed by atoms with Gasteiger partial charge in [-0.15, -0.1) is 0 Å². The summed E-state index contributed by atoms with van der Waals surface area (Å²) >= 11 is 0. The summed E-state index contributed by atoms with van der Waals surface area (Å²) in [4.78, 5) is 26.9. The Morgan fingerprint density at radius 1 is 0.771 bits per heavy atom. The van der Waals surface area contributed by atoms with Crippen LogP contribution in [0.1, 0.15) is 30.5 Å². The van der Waals surface area contributed by atoms with E-state index in [4.69, 9.17) is 15.2 Å². The van der Waals surface area contributed by atoms with Crippen molar-refractivity contribution < 1.29 is 23.5 Å². The number of esters is 1. The van der Waals surface area contributed by atoms with Crippen molar-refractivity contribution in [3.8, 4) is 0 Å². The Bertz CT molecular complexity index is 1080. The number of ether oxygens (including phenoxy) is 2.